The maximum atomic E-state index is 5.37. The summed E-state index contributed by atoms with van der Waals surface area (Å²) in [5.74, 6) is 6.07. The Morgan fingerprint density at radius 2 is 2.27 bits per heavy atom. The number of guanidine groups is 1. The minimum Gasteiger partial charge on any atom is -0.381 e. The van der Waals surface area contributed by atoms with E-state index in [1.807, 2.05) is 0 Å². The standard InChI is InChI=1S/C10H22N4O/c1-3-4-5-12-10(14-11)13-8-6-9(7-8)15-2/h8-9H,3-7,11H2,1-2H3,(H2,12,13,14). The van der Waals surface area contributed by atoms with Gasteiger partial charge in [0.15, 0.2) is 0 Å². The molecule has 0 spiro atoms. The fourth-order valence-corrected chi connectivity index (χ4v) is 1.55. The number of hydrogen-bond donors (Lipinski definition) is 3. The fourth-order valence-electron chi connectivity index (χ4n) is 1.55. The van der Waals surface area contributed by atoms with Gasteiger partial charge in [-0.05, 0) is 19.3 Å². The highest BCUT2D eigenvalue weighted by Gasteiger charge is 2.29. The zero-order chi connectivity index (χ0) is 11.1. The van der Waals surface area contributed by atoms with Crippen molar-refractivity contribution in [1.29, 1.82) is 0 Å². The normalized spacial score (nSPS) is 25.9. The van der Waals surface area contributed by atoms with E-state index in [4.69, 9.17) is 10.6 Å². The summed E-state index contributed by atoms with van der Waals surface area (Å²) in [6, 6.07) is 0.450. The Morgan fingerprint density at radius 1 is 1.53 bits per heavy atom. The van der Waals surface area contributed by atoms with Crippen LogP contribution in [0, 0.1) is 0 Å². The molecule has 5 heteroatoms. The van der Waals surface area contributed by atoms with E-state index in [1.54, 1.807) is 7.11 Å². The molecule has 4 N–H and O–H groups in total. The Labute approximate surface area is 91.4 Å². The monoisotopic (exact) mass is 214 g/mol. The smallest absolute Gasteiger partial charge is 0.205 e. The predicted molar refractivity (Wildman–Crippen MR) is 61.5 cm³/mol. The van der Waals surface area contributed by atoms with E-state index in [9.17, 15) is 0 Å². The molecule has 0 aromatic carbocycles. The zero-order valence-corrected chi connectivity index (χ0v) is 9.62. The number of rotatable bonds is 5. The third-order valence-electron chi connectivity index (χ3n) is 2.69. The average molecular weight is 214 g/mol. The third kappa shape index (κ3) is 4.05. The number of hydrazine groups is 1. The van der Waals surface area contributed by atoms with Crippen molar-refractivity contribution in [3.05, 3.63) is 0 Å². The molecule has 1 rings (SSSR count). The minimum atomic E-state index is 0.400. The number of hydrogen-bond acceptors (Lipinski definition) is 3. The third-order valence-corrected chi connectivity index (χ3v) is 2.69. The molecule has 0 heterocycles. The topological polar surface area (TPSA) is 71.7 Å². The van der Waals surface area contributed by atoms with Crippen LogP contribution in [0.4, 0.5) is 0 Å². The van der Waals surface area contributed by atoms with Crippen molar-refractivity contribution in [2.75, 3.05) is 13.7 Å². The summed E-state index contributed by atoms with van der Waals surface area (Å²) >= 11 is 0. The highest BCUT2D eigenvalue weighted by atomic mass is 16.5. The van der Waals surface area contributed by atoms with E-state index in [1.165, 1.54) is 0 Å². The first-order valence-corrected chi connectivity index (χ1v) is 5.60. The number of nitrogens with two attached hydrogens (primary N) is 1. The van der Waals surface area contributed by atoms with Gasteiger partial charge in [0.1, 0.15) is 0 Å². The van der Waals surface area contributed by atoms with Crippen LogP contribution >= 0.6 is 0 Å². The lowest BCUT2D eigenvalue weighted by atomic mass is 9.89. The molecule has 0 bridgehead atoms. The first-order chi connectivity index (χ1) is 7.30. The van der Waals surface area contributed by atoms with Crippen molar-refractivity contribution in [2.24, 2.45) is 10.8 Å². The lowest BCUT2D eigenvalue weighted by Gasteiger charge is -2.35. The van der Waals surface area contributed by atoms with Crippen molar-refractivity contribution in [1.82, 2.24) is 10.7 Å². The first kappa shape index (κ1) is 12.3. The number of nitrogens with zero attached hydrogens (tertiary/aromatic N) is 1. The lowest BCUT2D eigenvalue weighted by molar-refractivity contribution is 0.0224. The summed E-state index contributed by atoms with van der Waals surface area (Å²) in [7, 11) is 1.75. The van der Waals surface area contributed by atoms with E-state index in [0.717, 1.165) is 32.2 Å². The molecule has 0 unspecified atom stereocenters. The van der Waals surface area contributed by atoms with Crippen LogP contribution < -0.4 is 16.6 Å². The van der Waals surface area contributed by atoms with Gasteiger partial charge in [-0.15, -0.1) is 0 Å². The number of unbranched alkanes of at least 4 members (excludes halogenated alkanes) is 1. The second kappa shape index (κ2) is 6.63. The van der Waals surface area contributed by atoms with Gasteiger partial charge < -0.3 is 10.1 Å². The molecular weight excluding hydrogens is 192 g/mol. The van der Waals surface area contributed by atoms with Gasteiger partial charge in [0.25, 0.3) is 0 Å². The van der Waals surface area contributed by atoms with Gasteiger partial charge in [-0.2, -0.15) is 0 Å². The number of nitrogens with one attached hydrogen (secondary N) is 2. The Bertz CT molecular complexity index is 202. The van der Waals surface area contributed by atoms with Crippen LogP contribution in [0.5, 0.6) is 0 Å². The van der Waals surface area contributed by atoms with Crippen molar-refractivity contribution >= 4 is 5.96 Å². The van der Waals surface area contributed by atoms with E-state index in [0.29, 0.717) is 18.1 Å². The molecular formula is C10H22N4O. The molecule has 0 radical (unpaired) electrons. The molecule has 0 amide bonds. The molecule has 0 aromatic heterocycles. The van der Waals surface area contributed by atoms with Gasteiger partial charge in [-0.3, -0.25) is 10.4 Å². The van der Waals surface area contributed by atoms with Gasteiger partial charge in [-0.1, -0.05) is 13.3 Å². The van der Waals surface area contributed by atoms with Crippen molar-refractivity contribution < 1.29 is 4.74 Å². The van der Waals surface area contributed by atoms with Gasteiger partial charge in [0, 0.05) is 19.7 Å². The Balaban J connectivity index is 2.19. The van der Waals surface area contributed by atoms with E-state index >= 15 is 0 Å². The van der Waals surface area contributed by atoms with Crippen molar-refractivity contribution in [3.8, 4) is 0 Å². The van der Waals surface area contributed by atoms with Crippen molar-refractivity contribution in [2.45, 2.75) is 44.8 Å². The predicted octanol–water partition coefficient (Wildman–Crippen LogP) is 0.373. The van der Waals surface area contributed by atoms with Gasteiger partial charge in [-0.25, -0.2) is 5.84 Å². The summed E-state index contributed by atoms with van der Waals surface area (Å²) in [5.41, 5.74) is 2.59. The number of methoxy groups -OCH3 is 1. The first-order valence-electron chi connectivity index (χ1n) is 5.60. The van der Waals surface area contributed by atoms with Crippen LogP contribution in [0.2, 0.25) is 0 Å². The molecule has 88 valence electrons. The molecule has 0 aromatic rings. The SMILES string of the molecule is CCCCN=C(NN)NC1CC(OC)C1. The molecule has 15 heavy (non-hydrogen) atoms. The second-order valence-corrected chi connectivity index (χ2v) is 3.90. The van der Waals surface area contributed by atoms with Gasteiger partial charge in [0.05, 0.1) is 6.10 Å². The van der Waals surface area contributed by atoms with Crippen molar-refractivity contribution in [3.63, 3.8) is 0 Å². The number of ether oxygens (including phenoxy) is 1. The summed E-state index contributed by atoms with van der Waals surface area (Å²) in [6.07, 6.45) is 4.71. The summed E-state index contributed by atoms with van der Waals surface area (Å²) < 4.78 is 5.20. The van der Waals surface area contributed by atoms with Crippen LogP contribution in [0.3, 0.4) is 0 Å². The largest absolute Gasteiger partial charge is 0.381 e. The molecule has 1 aliphatic rings. The molecule has 0 atom stereocenters. The van der Waals surface area contributed by atoms with Crippen LogP contribution in [0.25, 0.3) is 0 Å². The fraction of sp³-hybridized carbons (Fsp3) is 0.900. The van der Waals surface area contributed by atoms with Crippen LogP contribution in [0.1, 0.15) is 32.6 Å². The maximum absolute atomic E-state index is 5.37. The van der Waals surface area contributed by atoms with Gasteiger partial charge >= 0.3 is 0 Å². The zero-order valence-electron chi connectivity index (χ0n) is 9.62. The van der Waals surface area contributed by atoms with E-state index in [2.05, 4.69) is 22.7 Å². The van der Waals surface area contributed by atoms with Crippen LogP contribution in [-0.2, 0) is 4.74 Å². The number of aliphatic imine (C=N–C) groups is 1. The van der Waals surface area contributed by atoms with E-state index in [-0.39, 0.29) is 0 Å². The Kier molecular flexibility index (Phi) is 5.42. The molecule has 1 aliphatic carbocycles. The minimum absolute atomic E-state index is 0.400. The molecule has 1 fully saturated rings. The van der Waals surface area contributed by atoms with Gasteiger partial charge in [0.2, 0.25) is 5.96 Å². The maximum Gasteiger partial charge on any atom is 0.205 e. The highest BCUT2D eigenvalue weighted by molar-refractivity contribution is 5.79. The molecule has 0 saturated heterocycles. The lowest BCUT2D eigenvalue weighted by Crippen LogP contribution is -2.53. The molecule has 1 saturated carbocycles. The second-order valence-electron chi connectivity index (χ2n) is 3.90. The summed E-state index contributed by atoms with van der Waals surface area (Å²) in [5, 5.41) is 3.26. The van der Waals surface area contributed by atoms with Crippen LogP contribution in [-0.4, -0.2) is 31.8 Å². The quantitative estimate of drug-likeness (QED) is 0.203. The average Bonchev–Trinajstić information content (AvgIpc) is 2.20. The Morgan fingerprint density at radius 3 is 2.80 bits per heavy atom. The summed E-state index contributed by atoms with van der Waals surface area (Å²) in [4.78, 5) is 4.33. The highest BCUT2D eigenvalue weighted by Crippen LogP contribution is 2.22. The molecule has 0 aliphatic heterocycles. The summed E-state index contributed by atoms with van der Waals surface area (Å²) in [6.45, 7) is 2.97. The molecule has 5 nitrogen and oxygen atoms in total. The Hall–Kier alpha value is -0.810. The van der Waals surface area contributed by atoms with Crippen LogP contribution in [0.15, 0.2) is 4.99 Å². The van der Waals surface area contributed by atoms with E-state index < -0.39 is 0 Å².